The number of carboxylic acids is 2. The Bertz CT molecular complexity index is 136. The number of hydrogen-bond donors (Lipinski definition) is 2. The molecule has 0 aliphatic carbocycles. The van der Waals surface area contributed by atoms with Crippen LogP contribution in [0.25, 0.3) is 0 Å². The van der Waals surface area contributed by atoms with Gasteiger partial charge in [-0.25, -0.2) is 4.79 Å². The van der Waals surface area contributed by atoms with Crippen LogP contribution in [0.5, 0.6) is 0 Å². The molecule has 2 N–H and O–H groups in total. The summed E-state index contributed by atoms with van der Waals surface area (Å²) >= 11 is 0. The summed E-state index contributed by atoms with van der Waals surface area (Å²) in [5, 5.41) is 26.1. The molecule has 0 aromatic carbocycles. The molecule has 0 aliphatic heterocycles. The summed E-state index contributed by atoms with van der Waals surface area (Å²) in [5.41, 5.74) is -2.78. The van der Waals surface area contributed by atoms with Crippen molar-refractivity contribution < 1.29 is 54.5 Å². The molecule has 0 aromatic rings. The summed E-state index contributed by atoms with van der Waals surface area (Å²) in [6.07, 6.45) is 0. The van der Waals surface area contributed by atoms with E-state index in [9.17, 15) is 14.7 Å². The van der Waals surface area contributed by atoms with Crippen molar-refractivity contribution in [2.75, 3.05) is 0 Å². The Morgan fingerprint density at radius 2 is 1.80 bits per heavy atom. The fourth-order valence-corrected chi connectivity index (χ4v) is 0.0873. The number of hydrogen-bond acceptors (Lipinski definition) is 4. The largest absolute Gasteiger partial charge is 1.00 e. The minimum atomic E-state index is -2.78. The molecule has 1 atom stereocenters. The van der Waals surface area contributed by atoms with Crippen LogP contribution >= 0.6 is 0 Å². The quantitative estimate of drug-likeness (QED) is 0.307. The van der Waals surface area contributed by atoms with Crippen LogP contribution in [0.1, 0.15) is 6.92 Å². The normalized spacial score (nSPS) is 14.6. The minimum Gasteiger partial charge on any atom is -0.546 e. The topological polar surface area (TPSA) is 97.7 Å². The molecule has 10 heavy (non-hydrogen) atoms. The molecule has 0 amide bonds. The van der Waals surface area contributed by atoms with E-state index in [0.29, 0.717) is 6.92 Å². The van der Waals surface area contributed by atoms with Gasteiger partial charge in [-0.05, 0) is 6.92 Å². The smallest absolute Gasteiger partial charge is 0.546 e. The van der Waals surface area contributed by atoms with Gasteiger partial charge in [0.25, 0.3) is 0 Å². The summed E-state index contributed by atoms with van der Waals surface area (Å²) in [4.78, 5) is 19.5. The van der Waals surface area contributed by atoms with Crippen molar-refractivity contribution >= 4 is 11.9 Å². The van der Waals surface area contributed by atoms with E-state index in [1.165, 1.54) is 0 Å². The standard InChI is InChI=1S/C4H6O5.Na/c1-4(9,2(5)6)3(7)8;/h9H,1H3,(H,5,6)(H,7,8);/q;+1/p-1. The average Bonchev–Trinajstić information content (AvgIpc) is 1.65. The Labute approximate surface area is 79.0 Å². The summed E-state index contributed by atoms with van der Waals surface area (Å²) < 4.78 is 0. The van der Waals surface area contributed by atoms with Gasteiger partial charge in [-0.3, -0.25) is 0 Å². The first kappa shape index (κ1) is 12.6. The van der Waals surface area contributed by atoms with Crippen LogP contribution in [0.3, 0.4) is 0 Å². The predicted octanol–water partition coefficient (Wildman–Crippen LogP) is -5.42. The Hall–Kier alpha value is -0.100. The van der Waals surface area contributed by atoms with E-state index in [1.54, 1.807) is 0 Å². The third-order valence-corrected chi connectivity index (χ3v) is 0.814. The molecule has 0 bridgehead atoms. The second-order valence-electron chi connectivity index (χ2n) is 1.66. The second-order valence-corrected chi connectivity index (χ2v) is 1.66. The molecule has 0 saturated carbocycles. The summed E-state index contributed by atoms with van der Waals surface area (Å²) in [7, 11) is 0. The predicted molar refractivity (Wildman–Crippen MR) is 23.3 cm³/mol. The Kier molecular flexibility index (Phi) is 4.93. The maximum Gasteiger partial charge on any atom is 1.00 e. The van der Waals surface area contributed by atoms with Gasteiger partial charge < -0.3 is 20.1 Å². The van der Waals surface area contributed by atoms with Crippen LogP contribution in [0, 0.1) is 0 Å². The first-order valence-electron chi connectivity index (χ1n) is 2.06. The fraction of sp³-hybridized carbons (Fsp3) is 0.500. The molecule has 0 saturated heterocycles. The van der Waals surface area contributed by atoms with Gasteiger partial charge in [0.05, 0.1) is 5.97 Å². The second kappa shape index (κ2) is 3.92. The van der Waals surface area contributed by atoms with Crippen molar-refractivity contribution in [2.45, 2.75) is 12.5 Å². The van der Waals surface area contributed by atoms with Crippen LogP contribution in [0.4, 0.5) is 0 Å². The zero-order valence-corrected chi connectivity index (χ0v) is 7.62. The van der Waals surface area contributed by atoms with Gasteiger partial charge >= 0.3 is 35.5 Å². The summed E-state index contributed by atoms with van der Waals surface area (Å²) in [6, 6.07) is 0. The molecule has 0 fully saturated rings. The van der Waals surface area contributed by atoms with Crippen LogP contribution in [-0.4, -0.2) is 27.8 Å². The van der Waals surface area contributed by atoms with E-state index < -0.39 is 17.5 Å². The third kappa shape index (κ3) is 2.66. The molecular weight excluding hydrogens is 151 g/mol. The van der Waals surface area contributed by atoms with Crippen LogP contribution < -0.4 is 34.7 Å². The van der Waals surface area contributed by atoms with Crippen molar-refractivity contribution in [3.8, 4) is 0 Å². The number of carboxylic acid groups (broad SMARTS) is 2. The molecule has 6 heteroatoms. The molecule has 0 aliphatic rings. The molecule has 0 spiro atoms. The Morgan fingerprint density at radius 3 is 1.80 bits per heavy atom. The van der Waals surface area contributed by atoms with Gasteiger partial charge in [0.15, 0.2) is 5.60 Å². The van der Waals surface area contributed by atoms with Gasteiger partial charge in [-0.1, -0.05) is 0 Å². The van der Waals surface area contributed by atoms with Crippen molar-refractivity contribution in [1.82, 2.24) is 0 Å². The zero-order chi connectivity index (χ0) is 7.65. The van der Waals surface area contributed by atoms with Gasteiger partial charge in [0.1, 0.15) is 0 Å². The molecular formula is C4H5NaO5. The molecule has 0 heterocycles. The number of carbonyl (C=O) groups is 2. The molecule has 0 rings (SSSR count). The maximum atomic E-state index is 9.79. The third-order valence-electron chi connectivity index (χ3n) is 0.814. The SMILES string of the molecule is CC(O)(C(=O)[O-])C(=O)O.[Na+]. The summed E-state index contributed by atoms with van der Waals surface area (Å²) in [6.45, 7) is 0.630. The van der Waals surface area contributed by atoms with Crippen LogP contribution in [0.15, 0.2) is 0 Å². The van der Waals surface area contributed by atoms with Gasteiger partial charge in [0.2, 0.25) is 0 Å². The monoisotopic (exact) mass is 156 g/mol. The Morgan fingerprint density at radius 1 is 1.50 bits per heavy atom. The van der Waals surface area contributed by atoms with Crippen LogP contribution in [-0.2, 0) is 9.59 Å². The van der Waals surface area contributed by atoms with Gasteiger partial charge in [-0.2, -0.15) is 0 Å². The Balaban J connectivity index is 0. The summed E-state index contributed by atoms with van der Waals surface area (Å²) in [5.74, 6) is -3.85. The van der Waals surface area contributed by atoms with Crippen molar-refractivity contribution in [1.29, 1.82) is 0 Å². The van der Waals surface area contributed by atoms with Crippen LogP contribution in [0.2, 0.25) is 0 Å². The minimum absolute atomic E-state index is 0. The number of rotatable bonds is 2. The molecule has 52 valence electrons. The molecule has 5 nitrogen and oxygen atoms in total. The van der Waals surface area contributed by atoms with E-state index in [0.717, 1.165) is 0 Å². The maximum absolute atomic E-state index is 9.79. The van der Waals surface area contributed by atoms with Gasteiger partial charge in [0, 0.05) is 0 Å². The van der Waals surface area contributed by atoms with Crippen molar-refractivity contribution in [3.63, 3.8) is 0 Å². The van der Waals surface area contributed by atoms with E-state index in [2.05, 4.69) is 0 Å². The fourth-order valence-electron chi connectivity index (χ4n) is 0.0873. The molecule has 0 radical (unpaired) electrons. The van der Waals surface area contributed by atoms with Crippen molar-refractivity contribution in [2.24, 2.45) is 0 Å². The molecule has 1 unspecified atom stereocenters. The number of aliphatic carboxylic acids is 2. The average molecular weight is 156 g/mol. The van der Waals surface area contributed by atoms with E-state index in [4.69, 9.17) is 10.2 Å². The van der Waals surface area contributed by atoms with Gasteiger partial charge in [-0.15, -0.1) is 0 Å². The van der Waals surface area contributed by atoms with E-state index in [-0.39, 0.29) is 29.6 Å². The number of aliphatic hydroxyl groups is 1. The zero-order valence-electron chi connectivity index (χ0n) is 5.62. The van der Waals surface area contributed by atoms with Crippen molar-refractivity contribution in [3.05, 3.63) is 0 Å². The number of carbonyl (C=O) groups excluding carboxylic acids is 1. The first-order chi connectivity index (χ1) is 3.89. The van der Waals surface area contributed by atoms with E-state index >= 15 is 0 Å². The first-order valence-corrected chi connectivity index (χ1v) is 2.06. The van der Waals surface area contributed by atoms with E-state index in [1.807, 2.05) is 0 Å². The molecule has 0 aromatic heterocycles.